The SMILES string of the molecule is CCCN(CCC)CCCCCCSc1nc(C(C)C)ccc1C(=O)c1cccs1. The smallest absolute Gasteiger partial charge is 0.205 e. The number of thioether (sulfide) groups is 1. The molecule has 166 valence electrons. The molecule has 0 aliphatic carbocycles. The van der Waals surface area contributed by atoms with Crippen molar-refractivity contribution in [3.63, 3.8) is 0 Å². The van der Waals surface area contributed by atoms with Gasteiger partial charge >= 0.3 is 0 Å². The zero-order chi connectivity index (χ0) is 21.8. The molecule has 0 saturated heterocycles. The zero-order valence-electron chi connectivity index (χ0n) is 19.2. The fourth-order valence-electron chi connectivity index (χ4n) is 3.53. The van der Waals surface area contributed by atoms with E-state index >= 15 is 0 Å². The van der Waals surface area contributed by atoms with Gasteiger partial charge in [0.15, 0.2) is 0 Å². The van der Waals surface area contributed by atoms with Crippen LogP contribution >= 0.6 is 23.1 Å². The van der Waals surface area contributed by atoms with Gasteiger partial charge in [-0.3, -0.25) is 4.79 Å². The molecule has 5 heteroatoms. The largest absolute Gasteiger partial charge is 0.303 e. The van der Waals surface area contributed by atoms with Gasteiger partial charge in [0, 0.05) is 5.69 Å². The molecule has 0 N–H and O–H groups in total. The normalized spacial score (nSPS) is 11.5. The van der Waals surface area contributed by atoms with Crippen LogP contribution in [0.4, 0.5) is 0 Å². The van der Waals surface area contributed by atoms with Gasteiger partial charge in [-0.25, -0.2) is 4.98 Å². The molecule has 0 aromatic carbocycles. The monoisotopic (exact) mass is 446 g/mol. The van der Waals surface area contributed by atoms with Crippen molar-refractivity contribution in [1.29, 1.82) is 0 Å². The third-order valence-electron chi connectivity index (χ3n) is 5.15. The summed E-state index contributed by atoms with van der Waals surface area (Å²) in [6.45, 7) is 12.5. The van der Waals surface area contributed by atoms with Crippen LogP contribution in [0, 0.1) is 0 Å². The third kappa shape index (κ3) is 8.16. The number of thiophene rings is 1. The topological polar surface area (TPSA) is 33.2 Å². The summed E-state index contributed by atoms with van der Waals surface area (Å²) < 4.78 is 0. The van der Waals surface area contributed by atoms with Crippen LogP contribution in [0.15, 0.2) is 34.7 Å². The van der Waals surface area contributed by atoms with Gasteiger partial charge < -0.3 is 4.90 Å². The molecular formula is C25H38N2OS2. The van der Waals surface area contributed by atoms with E-state index in [-0.39, 0.29) is 5.78 Å². The third-order valence-corrected chi connectivity index (χ3v) is 7.10. The molecule has 0 fully saturated rings. The average molecular weight is 447 g/mol. The van der Waals surface area contributed by atoms with Crippen molar-refractivity contribution in [1.82, 2.24) is 9.88 Å². The summed E-state index contributed by atoms with van der Waals surface area (Å²) in [6, 6.07) is 7.82. The van der Waals surface area contributed by atoms with Gasteiger partial charge in [-0.05, 0) is 80.6 Å². The van der Waals surface area contributed by atoms with Crippen LogP contribution in [0.5, 0.6) is 0 Å². The standard InChI is InChI=1S/C25H38N2OS2/c1-5-15-27(16-6-2)17-9-7-8-10-18-30-25-21(13-14-22(26-25)20(3)4)24(28)23-12-11-19-29-23/h11-14,19-20H,5-10,15-18H2,1-4H3. The van der Waals surface area contributed by atoms with Gasteiger partial charge in [-0.2, -0.15) is 0 Å². The maximum atomic E-state index is 12.9. The summed E-state index contributed by atoms with van der Waals surface area (Å²) in [5.74, 6) is 1.49. The molecule has 2 aromatic rings. The van der Waals surface area contributed by atoms with E-state index in [2.05, 4.69) is 32.6 Å². The number of carbonyl (C=O) groups excluding carboxylic acids is 1. The average Bonchev–Trinajstić information content (AvgIpc) is 3.27. The summed E-state index contributed by atoms with van der Waals surface area (Å²) in [5, 5.41) is 2.86. The van der Waals surface area contributed by atoms with Gasteiger partial charge in [0.1, 0.15) is 5.03 Å². The maximum Gasteiger partial charge on any atom is 0.205 e. The van der Waals surface area contributed by atoms with E-state index in [1.807, 2.05) is 29.6 Å². The summed E-state index contributed by atoms with van der Waals surface area (Å²) in [4.78, 5) is 21.1. The van der Waals surface area contributed by atoms with Crippen molar-refractivity contribution in [3.05, 3.63) is 45.8 Å². The highest BCUT2D eigenvalue weighted by Crippen LogP contribution is 2.28. The summed E-state index contributed by atoms with van der Waals surface area (Å²) >= 11 is 3.25. The first-order valence-electron chi connectivity index (χ1n) is 11.5. The Morgan fingerprint density at radius 3 is 2.40 bits per heavy atom. The van der Waals surface area contributed by atoms with Crippen molar-refractivity contribution >= 4 is 28.9 Å². The van der Waals surface area contributed by atoms with Crippen molar-refractivity contribution in [2.75, 3.05) is 25.4 Å². The van der Waals surface area contributed by atoms with Crippen molar-refractivity contribution in [3.8, 4) is 0 Å². The molecule has 0 bridgehead atoms. The lowest BCUT2D eigenvalue weighted by Crippen LogP contribution is -2.26. The highest BCUT2D eigenvalue weighted by molar-refractivity contribution is 7.99. The van der Waals surface area contributed by atoms with E-state index < -0.39 is 0 Å². The molecule has 0 aliphatic rings. The number of rotatable bonds is 15. The second-order valence-electron chi connectivity index (χ2n) is 8.15. The molecule has 0 spiro atoms. The number of hydrogen-bond donors (Lipinski definition) is 0. The molecule has 30 heavy (non-hydrogen) atoms. The summed E-state index contributed by atoms with van der Waals surface area (Å²) in [6.07, 6.45) is 7.47. The Balaban J connectivity index is 1.85. The molecule has 0 amide bonds. The van der Waals surface area contributed by atoms with E-state index in [1.165, 1.54) is 69.5 Å². The first kappa shape index (κ1) is 25.1. The van der Waals surface area contributed by atoms with Gasteiger partial charge in [0.25, 0.3) is 0 Å². The molecule has 3 nitrogen and oxygen atoms in total. The number of aromatic nitrogens is 1. The number of unbranched alkanes of at least 4 members (excludes halogenated alkanes) is 3. The minimum atomic E-state index is 0.0993. The zero-order valence-corrected chi connectivity index (χ0v) is 20.8. The number of hydrogen-bond acceptors (Lipinski definition) is 5. The second-order valence-corrected chi connectivity index (χ2v) is 10.2. The second kappa shape index (κ2) is 14.0. The first-order chi connectivity index (χ1) is 14.6. The van der Waals surface area contributed by atoms with Crippen molar-refractivity contribution in [2.24, 2.45) is 0 Å². The predicted octanol–water partition coefficient (Wildman–Crippen LogP) is 7.27. The first-order valence-corrected chi connectivity index (χ1v) is 13.4. The Labute approximate surface area is 191 Å². The Morgan fingerprint density at radius 2 is 1.77 bits per heavy atom. The predicted molar refractivity (Wildman–Crippen MR) is 132 cm³/mol. The fourth-order valence-corrected chi connectivity index (χ4v) is 5.23. The van der Waals surface area contributed by atoms with Crippen LogP contribution in [0.25, 0.3) is 0 Å². The van der Waals surface area contributed by atoms with Crippen LogP contribution in [0.3, 0.4) is 0 Å². The summed E-state index contributed by atoms with van der Waals surface area (Å²) in [7, 11) is 0. The number of nitrogens with zero attached hydrogens (tertiary/aromatic N) is 2. The van der Waals surface area contributed by atoms with Gasteiger partial charge in [-0.1, -0.05) is 46.6 Å². The molecule has 0 unspecified atom stereocenters. The van der Waals surface area contributed by atoms with E-state index in [9.17, 15) is 4.79 Å². The van der Waals surface area contributed by atoms with Gasteiger partial charge in [0.05, 0.1) is 10.4 Å². The molecule has 0 atom stereocenters. The van der Waals surface area contributed by atoms with Crippen molar-refractivity contribution in [2.45, 2.75) is 77.2 Å². The number of carbonyl (C=O) groups is 1. The van der Waals surface area contributed by atoms with Gasteiger partial charge in [0.2, 0.25) is 5.78 Å². The quantitative estimate of drug-likeness (QED) is 0.164. The molecule has 2 aromatic heterocycles. The van der Waals surface area contributed by atoms with Crippen LogP contribution < -0.4 is 0 Å². The lowest BCUT2D eigenvalue weighted by Gasteiger charge is -2.20. The van der Waals surface area contributed by atoms with E-state index in [1.54, 1.807) is 11.8 Å². The Hall–Kier alpha value is -1.17. The molecule has 0 aliphatic heterocycles. The number of pyridine rings is 1. The lowest BCUT2D eigenvalue weighted by atomic mass is 10.1. The van der Waals surface area contributed by atoms with Crippen molar-refractivity contribution < 1.29 is 4.79 Å². The lowest BCUT2D eigenvalue weighted by molar-refractivity contribution is 0.103. The van der Waals surface area contributed by atoms with Crippen LogP contribution in [-0.2, 0) is 0 Å². The maximum absolute atomic E-state index is 12.9. The minimum absolute atomic E-state index is 0.0993. The molecule has 2 rings (SSSR count). The van der Waals surface area contributed by atoms with Crippen LogP contribution in [0.2, 0.25) is 0 Å². The Bertz CT molecular complexity index is 738. The molecule has 0 radical (unpaired) electrons. The van der Waals surface area contributed by atoms with E-state index in [0.29, 0.717) is 5.92 Å². The molecular weight excluding hydrogens is 408 g/mol. The minimum Gasteiger partial charge on any atom is -0.303 e. The Kier molecular flexibility index (Phi) is 11.7. The van der Waals surface area contributed by atoms with E-state index in [4.69, 9.17) is 4.98 Å². The molecule has 2 heterocycles. The van der Waals surface area contributed by atoms with Gasteiger partial charge in [-0.15, -0.1) is 23.1 Å². The van der Waals surface area contributed by atoms with Crippen LogP contribution in [-0.4, -0.2) is 41.1 Å². The number of ketones is 1. The summed E-state index contributed by atoms with van der Waals surface area (Å²) in [5.41, 5.74) is 1.81. The van der Waals surface area contributed by atoms with E-state index in [0.717, 1.165) is 26.9 Å². The highest BCUT2D eigenvalue weighted by atomic mass is 32.2. The fraction of sp³-hybridized carbons (Fsp3) is 0.600. The molecule has 0 saturated carbocycles. The van der Waals surface area contributed by atoms with Crippen LogP contribution in [0.1, 0.15) is 93.1 Å². The Morgan fingerprint density at radius 1 is 1.03 bits per heavy atom. The highest BCUT2D eigenvalue weighted by Gasteiger charge is 2.17.